The van der Waals surface area contributed by atoms with Gasteiger partial charge in [0.15, 0.2) is 0 Å². The lowest BCUT2D eigenvalue weighted by Crippen LogP contribution is -2.49. The zero-order chi connectivity index (χ0) is 14.3. The summed E-state index contributed by atoms with van der Waals surface area (Å²) in [5, 5.41) is 0. The van der Waals surface area contributed by atoms with Crippen molar-refractivity contribution in [3.63, 3.8) is 0 Å². The van der Waals surface area contributed by atoms with Gasteiger partial charge in [-0.25, -0.2) is 0 Å². The van der Waals surface area contributed by atoms with E-state index in [0.717, 1.165) is 43.9 Å². The molecule has 0 radical (unpaired) electrons. The molecule has 2 saturated heterocycles. The highest BCUT2D eigenvalue weighted by atomic mass is 16.2. The van der Waals surface area contributed by atoms with Gasteiger partial charge in [0.2, 0.25) is 5.91 Å². The molecule has 0 unspecified atom stereocenters. The van der Waals surface area contributed by atoms with Crippen LogP contribution in [0.2, 0.25) is 0 Å². The third-order valence-corrected chi connectivity index (χ3v) is 5.63. The van der Waals surface area contributed by atoms with E-state index in [0.29, 0.717) is 18.4 Å². The van der Waals surface area contributed by atoms with Crippen LogP contribution in [0.3, 0.4) is 0 Å². The second-order valence-electron chi connectivity index (χ2n) is 7.07. The van der Waals surface area contributed by atoms with Crippen LogP contribution in [0.5, 0.6) is 0 Å². The van der Waals surface area contributed by atoms with Crippen molar-refractivity contribution in [1.29, 1.82) is 0 Å². The topological polar surface area (TPSA) is 26.8 Å². The van der Waals surface area contributed by atoms with Crippen molar-refractivity contribution in [1.82, 2.24) is 14.7 Å². The van der Waals surface area contributed by atoms with Gasteiger partial charge in [0.25, 0.3) is 0 Å². The summed E-state index contributed by atoms with van der Waals surface area (Å²) in [5.41, 5.74) is 0. The number of piperazine rings is 1. The number of amides is 1. The number of carbonyl (C=O) groups is 1. The van der Waals surface area contributed by atoms with Crippen LogP contribution in [0.4, 0.5) is 0 Å². The molecule has 4 nitrogen and oxygen atoms in total. The van der Waals surface area contributed by atoms with Crippen LogP contribution >= 0.6 is 0 Å². The molecule has 2 aliphatic heterocycles. The van der Waals surface area contributed by atoms with Crippen molar-refractivity contribution in [3.05, 3.63) is 0 Å². The van der Waals surface area contributed by atoms with Crippen LogP contribution in [0.15, 0.2) is 0 Å². The fraction of sp³-hybridized carbons (Fsp3) is 0.938. The molecule has 0 N–H and O–H groups in total. The predicted octanol–water partition coefficient (Wildman–Crippen LogP) is 1.13. The third-order valence-electron chi connectivity index (χ3n) is 5.63. The first kappa shape index (κ1) is 14.3. The van der Waals surface area contributed by atoms with Crippen molar-refractivity contribution in [3.8, 4) is 0 Å². The molecule has 1 amide bonds. The van der Waals surface area contributed by atoms with Crippen molar-refractivity contribution in [2.75, 3.05) is 45.8 Å². The highest BCUT2D eigenvalue weighted by molar-refractivity contribution is 5.75. The van der Waals surface area contributed by atoms with E-state index in [1.165, 1.54) is 19.6 Å². The summed E-state index contributed by atoms with van der Waals surface area (Å²) in [6.07, 6.45) is 0.651. The van der Waals surface area contributed by atoms with Crippen molar-refractivity contribution in [2.24, 2.45) is 17.8 Å². The molecule has 20 heavy (non-hydrogen) atoms. The number of rotatable bonds is 4. The molecule has 1 aliphatic carbocycles. The van der Waals surface area contributed by atoms with E-state index in [1.807, 2.05) is 11.8 Å². The Kier molecular flexibility index (Phi) is 4.04. The summed E-state index contributed by atoms with van der Waals surface area (Å²) in [7, 11) is 0. The maximum Gasteiger partial charge on any atom is 0.222 e. The van der Waals surface area contributed by atoms with Crippen LogP contribution in [0, 0.1) is 17.8 Å². The van der Waals surface area contributed by atoms with Crippen LogP contribution < -0.4 is 0 Å². The summed E-state index contributed by atoms with van der Waals surface area (Å²) in [5.74, 6) is 3.19. The Morgan fingerprint density at radius 3 is 2.20 bits per heavy atom. The predicted molar refractivity (Wildman–Crippen MR) is 80.5 cm³/mol. The molecule has 1 saturated carbocycles. The van der Waals surface area contributed by atoms with Crippen molar-refractivity contribution in [2.45, 2.75) is 33.2 Å². The maximum atomic E-state index is 11.7. The van der Waals surface area contributed by atoms with E-state index in [-0.39, 0.29) is 0 Å². The van der Waals surface area contributed by atoms with Gasteiger partial charge in [-0.2, -0.15) is 0 Å². The van der Waals surface area contributed by atoms with E-state index in [1.54, 1.807) is 0 Å². The molecular formula is C16H29N3O. The largest absolute Gasteiger partial charge is 0.340 e. The summed E-state index contributed by atoms with van der Waals surface area (Å²) >= 11 is 0. The molecule has 0 aromatic rings. The number of fused-ring (bicyclic) bond motifs is 1. The average molecular weight is 279 g/mol. The monoisotopic (exact) mass is 279 g/mol. The standard InChI is InChI=1S/C16H29N3O/c1-4-16(20)18-7-5-17(6-8-18)9-13-14-10-19(12(2)3)11-15(13)14/h12-15H,4-11H2,1-3H3/t13-,14-,15+. The summed E-state index contributed by atoms with van der Waals surface area (Å²) < 4.78 is 0. The Bertz CT molecular complexity index is 351. The quantitative estimate of drug-likeness (QED) is 0.772. The SMILES string of the molecule is CCC(=O)N1CCN(C[C@@H]2[C@H]3CN(C(C)C)C[C@@H]23)CC1. The van der Waals surface area contributed by atoms with Gasteiger partial charge in [0.1, 0.15) is 0 Å². The Labute approximate surface area is 123 Å². The lowest BCUT2D eigenvalue weighted by molar-refractivity contribution is -0.132. The zero-order valence-electron chi connectivity index (χ0n) is 13.2. The highest BCUT2D eigenvalue weighted by Crippen LogP contribution is 2.52. The summed E-state index contributed by atoms with van der Waals surface area (Å²) in [4.78, 5) is 18.9. The molecule has 0 aromatic heterocycles. The molecule has 3 aliphatic rings. The van der Waals surface area contributed by atoms with Crippen LogP contribution in [0.25, 0.3) is 0 Å². The number of carbonyl (C=O) groups excluding carboxylic acids is 1. The number of nitrogens with zero attached hydrogens (tertiary/aromatic N) is 3. The Morgan fingerprint density at radius 2 is 1.70 bits per heavy atom. The van der Waals surface area contributed by atoms with Gasteiger partial charge in [-0.15, -0.1) is 0 Å². The summed E-state index contributed by atoms with van der Waals surface area (Å²) in [6.45, 7) is 14.5. The van der Waals surface area contributed by atoms with Crippen molar-refractivity contribution >= 4 is 5.91 Å². The molecule has 114 valence electrons. The molecular weight excluding hydrogens is 250 g/mol. The van der Waals surface area contributed by atoms with Gasteiger partial charge in [-0.05, 0) is 31.6 Å². The van der Waals surface area contributed by atoms with Gasteiger partial charge in [-0.3, -0.25) is 9.69 Å². The average Bonchev–Trinajstić information content (AvgIpc) is 2.89. The molecule has 3 atom stereocenters. The molecule has 4 heteroatoms. The highest BCUT2D eigenvalue weighted by Gasteiger charge is 2.55. The van der Waals surface area contributed by atoms with E-state index in [9.17, 15) is 4.79 Å². The molecule has 3 fully saturated rings. The molecule has 0 aromatic carbocycles. The van der Waals surface area contributed by atoms with E-state index < -0.39 is 0 Å². The Balaban J connectivity index is 1.39. The fourth-order valence-corrected chi connectivity index (χ4v) is 4.08. The fourth-order valence-electron chi connectivity index (χ4n) is 4.08. The second kappa shape index (κ2) is 5.64. The lowest BCUT2D eigenvalue weighted by Gasteiger charge is -2.35. The minimum atomic E-state index is 0.320. The van der Waals surface area contributed by atoms with Crippen LogP contribution in [-0.2, 0) is 4.79 Å². The van der Waals surface area contributed by atoms with Gasteiger partial charge < -0.3 is 9.80 Å². The number of piperidine rings is 1. The number of hydrogen-bond donors (Lipinski definition) is 0. The Morgan fingerprint density at radius 1 is 1.10 bits per heavy atom. The van der Waals surface area contributed by atoms with E-state index in [2.05, 4.69) is 23.6 Å². The minimum absolute atomic E-state index is 0.320. The number of likely N-dealkylation sites (tertiary alicyclic amines) is 1. The molecule has 3 rings (SSSR count). The van der Waals surface area contributed by atoms with Gasteiger partial charge >= 0.3 is 0 Å². The lowest BCUT2D eigenvalue weighted by atomic mass is 10.2. The first-order valence-corrected chi connectivity index (χ1v) is 8.34. The zero-order valence-corrected chi connectivity index (χ0v) is 13.2. The normalized spacial score (nSPS) is 34.6. The van der Waals surface area contributed by atoms with Gasteiger partial charge in [0.05, 0.1) is 0 Å². The van der Waals surface area contributed by atoms with Crippen LogP contribution in [-0.4, -0.2) is 72.5 Å². The molecule has 0 bridgehead atoms. The molecule has 0 spiro atoms. The maximum absolute atomic E-state index is 11.7. The minimum Gasteiger partial charge on any atom is -0.340 e. The molecule has 2 heterocycles. The first-order valence-electron chi connectivity index (χ1n) is 8.34. The van der Waals surface area contributed by atoms with Crippen LogP contribution in [0.1, 0.15) is 27.2 Å². The second-order valence-corrected chi connectivity index (χ2v) is 7.07. The van der Waals surface area contributed by atoms with Gasteiger partial charge in [0, 0.05) is 58.3 Å². The van der Waals surface area contributed by atoms with Crippen molar-refractivity contribution < 1.29 is 4.79 Å². The Hall–Kier alpha value is -0.610. The number of hydrogen-bond acceptors (Lipinski definition) is 3. The smallest absolute Gasteiger partial charge is 0.222 e. The third kappa shape index (κ3) is 2.73. The summed E-state index contributed by atoms with van der Waals surface area (Å²) in [6, 6.07) is 0.715. The van der Waals surface area contributed by atoms with Gasteiger partial charge in [-0.1, -0.05) is 6.92 Å². The first-order chi connectivity index (χ1) is 9.60. The van der Waals surface area contributed by atoms with E-state index >= 15 is 0 Å². The van der Waals surface area contributed by atoms with E-state index in [4.69, 9.17) is 0 Å².